The van der Waals surface area contributed by atoms with Crippen molar-refractivity contribution >= 4 is 57.8 Å². The summed E-state index contributed by atoms with van der Waals surface area (Å²) in [7, 11) is 0. The van der Waals surface area contributed by atoms with Crippen molar-refractivity contribution in [2.75, 3.05) is 37.7 Å². The van der Waals surface area contributed by atoms with Crippen LogP contribution in [-0.2, 0) is 30.4 Å². The molecule has 17 heteroatoms. The zero-order valence-electron chi connectivity index (χ0n) is 25.6. The number of Topliss-reactive ketones (excluding diaryl/α,β-unsaturated/α-hetero) is 1. The van der Waals surface area contributed by atoms with Crippen molar-refractivity contribution in [2.24, 2.45) is 11.1 Å². The number of thioether (sulfide) groups is 1. The summed E-state index contributed by atoms with van der Waals surface area (Å²) in [6.07, 6.45) is 4.00. The van der Waals surface area contributed by atoms with Crippen LogP contribution in [0, 0.1) is 12.8 Å². The molecule has 2 saturated heterocycles. The van der Waals surface area contributed by atoms with Crippen LogP contribution in [0.15, 0.2) is 33.5 Å². The second-order valence-electron chi connectivity index (χ2n) is 12.3. The average Bonchev–Trinajstić information content (AvgIpc) is 3.65. The Balaban J connectivity index is 1.33. The van der Waals surface area contributed by atoms with Crippen LogP contribution < -0.4 is 11.2 Å². The van der Waals surface area contributed by atoms with Crippen molar-refractivity contribution in [1.29, 1.82) is 0 Å². The van der Waals surface area contributed by atoms with Gasteiger partial charge in [0.05, 0.1) is 30.9 Å². The molecule has 5 heterocycles. The summed E-state index contributed by atoms with van der Waals surface area (Å²) in [5, 5.41) is 22.9. The van der Waals surface area contributed by atoms with E-state index in [4.69, 9.17) is 10.6 Å². The molecule has 46 heavy (non-hydrogen) atoms. The number of aromatic amines is 1. The van der Waals surface area contributed by atoms with Gasteiger partial charge in [0.15, 0.2) is 22.1 Å². The lowest BCUT2D eigenvalue weighted by atomic mass is 9.89. The first-order valence-corrected chi connectivity index (χ1v) is 16.6. The number of pyridine rings is 1. The van der Waals surface area contributed by atoms with Crippen molar-refractivity contribution in [3.05, 3.63) is 50.8 Å². The van der Waals surface area contributed by atoms with Gasteiger partial charge in [-0.05, 0) is 20.8 Å². The Kier molecular flexibility index (Phi) is 9.38. The molecule has 0 radical (unpaired) electrons. The van der Waals surface area contributed by atoms with Crippen LogP contribution in [0.3, 0.4) is 0 Å². The molecular formula is C29H36N7O8S2+. The fourth-order valence-corrected chi connectivity index (χ4v) is 7.78. The number of β-lactam (4-membered cyclic amide) rings is 1. The quantitative estimate of drug-likeness (QED) is 0.103. The average molecular weight is 675 g/mol. The minimum Gasteiger partial charge on any atom is -0.478 e. The molecule has 15 nitrogen and oxygen atoms in total. The van der Waals surface area contributed by atoms with Gasteiger partial charge in [-0.1, -0.05) is 5.16 Å². The number of H-pyrrole nitrogens is 1. The molecule has 0 aliphatic carbocycles. The number of rotatable bonds is 13. The van der Waals surface area contributed by atoms with Crippen LogP contribution in [0.25, 0.3) is 0 Å². The number of carbonyl (C=O) groups excluding carboxylic acids is 2. The lowest BCUT2D eigenvalue weighted by Crippen LogP contribution is -2.62. The largest absolute Gasteiger partial charge is 0.478 e. The lowest BCUT2D eigenvalue weighted by Gasteiger charge is -2.50. The Morgan fingerprint density at radius 2 is 1.96 bits per heavy atom. The molecule has 2 aromatic heterocycles. The molecule has 5 N–H and O–H groups in total. The summed E-state index contributed by atoms with van der Waals surface area (Å²) >= 11 is 2.22. The summed E-state index contributed by atoms with van der Waals surface area (Å²) in [6, 6.07) is 1.61. The van der Waals surface area contributed by atoms with Gasteiger partial charge < -0.3 is 30.3 Å². The van der Waals surface area contributed by atoms with E-state index in [2.05, 4.69) is 19.5 Å². The number of carboxylic acids is 2. The van der Waals surface area contributed by atoms with E-state index in [9.17, 15) is 34.2 Å². The molecule has 2 atom stereocenters. The number of nitrogens with two attached hydrogens (primary N) is 1. The number of fused-ring (bicyclic) bond motifs is 1. The fourth-order valence-electron chi connectivity index (χ4n) is 5.94. The molecule has 0 bridgehead atoms. The highest BCUT2D eigenvalue weighted by Gasteiger charge is 2.55. The van der Waals surface area contributed by atoms with Crippen molar-refractivity contribution in [1.82, 2.24) is 19.2 Å². The predicted molar refractivity (Wildman–Crippen MR) is 169 cm³/mol. The number of nitrogens with zero attached hydrogens (tertiary/aromatic N) is 5. The topological polar surface area (TPSA) is 218 Å². The number of aryl methyl sites for hydroxylation is 1. The van der Waals surface area contributed by atoms with E-state index < -0.39 is 40.5 Å². The normalized spacial score (nSPS) is 21.2. The number of hydrogen-bond donors (Lipinski definition) is 4. The maximum atomic E-state index is 13.5. The first-order valence-electron chi connectivity index (χ1n) is 14.8. The van der Waals surface area contributed by atoms with Crippen molar-refractivity contribution in [3.8, 4) is 0 Å². The van der Waals surface area contributed by atoms with Gasteiger partial charge in [0.25, 0.3) is 0 Å². The maximum Gasteiger partial charge on any atom is 0.352 e. The van der Waals surface area contributed by atoms with Crippen LogP contribution in [0.4, 0.5) is 5.13 Å². The highest BCUT2D eigenvalue weighted by molar-refractivity contribution is 8.00. The number of hydrogen-bond acceptors (Lipinski definition) is 12. The lowest BCUT2D eigenvalue weighted by molar-refractivity contribution is -0.912. The van der Waals surface area contributed by atoms with Gasteiger partial charge in [0, 0.05) is 72.1 Å². The molecule has 2 aromatic rings. The number of oxime groups is 1. The molecule has 0 saturated carbocycles. The Bertz CT molecular complexity index is 1690. The number of carbonyl (C=O) groups is 4. The van der Waals surface area contributed by atoms with Gasteiger partial charge in [0.1, 0.15) is 12.2 Å². The second-order valence-corrected chi connectivity index (χ2v) is 14.2. The molecule has 246 valence electrons. The molecule has 0 spiro atoms. The minimum atomic E-state index is -1.76. The summed E-state index contributed by atoms with van der Waals surface area (Å²) in [4.78, 5) is 76.7. The van der Waals surface area contributed by atoms with E-state index in [-0.39, 0.29) is 34.2 Å². The van der Waals surface area contributed by atoms with Crippen LogP contribution in [0.5, 0.6) is 0 Å². The first kappa shape index (κ1) is 33.3. The molecule has 1 amide bonds. The van der Waals surface area contributed by atoms with Crippen molar-refractivity contribution in [2.45, 2.75) is 57.4 Å². The minimum absolute atomic E-state index is 0.0290. The number of carboxylic acid groups (broad SMARTS) is 2. The standard InChI is InChI=1S/C29H35N7O8S2/c1-15-12-31-17(10-19(15)37)6-9-36(7-4-5-8-36)13-16-14-45-25-18(24(39)35(25)22(16)26(40)41)11-20(38)21(23-32-28(30)46-34-23)33-44-29(2,3)27(42)43/h10,12,18,25H,4-9,11,13-14H2,1-3H3,(H4-,30,31,32,34,37,40,41,42,43)/p+1/b33-21+. The molecule has 5 rings (SSSR count). The summed E-state index contributed by atoms with van der Waals surface area (Å²) < 4.78 is 4.66. The van der Waals surface area contributed by atoms with E-state index in [0.717, 1.165) is 43.2 Å². The Labute approximate surface area is 272 Å². The Hall–Kier alpha value is -4.09. The number of quaternary nitrogens is 1. The maximum absolute atomic E-state index is 13.5. The Morgan fingerprint density at radius 1 is 1.24 bits per heavy atom. The number of aliphatic carboxylic acids is 2. The Morgan fingerprint density at radius 3 is 2.57 bits per heavy atom. The fraction of sp³-hybridized carbons (Fsp3) is 0.517. The highest BCUT2D eigenvalue weighted by Crippen LogP contribution is 2.46. The van der Waals surface area contributed by atoms with E-state index in [1.807, 2.05) is 0 Å². The smallest absolute Gasteiger partial charge is 0.352 e. The first-order chi connectivity index (χ1) is 21.7. The van der Waals surface area contributed by atoms with Gasteiger partial charge in [-0.2, -0.15) is 9.36 Å². The number of nitrogens with one attached hydrogen (secondary N) is 1. The van der Waals surface area contributed by atoms with Crippen LogP contribution >= 0.6 is 23.3 Å². The molecular weight excluding hydrogens is 638 g/mol. The van der Waals surface area contributed by atoms with Crippen LogP contribution in [-0.4, -0.2) is 106 Å². The predicted octanol–water partition coefficient (Wildman–Crippen LogP) is 1.38. The van der Waals surface area contributed by atoms with Gasteiger partial charge in [-0.25, -0.2) is 9.59 Å². The van der Waals surface area contributed by atoms with Gasteiger partial charge in [-0.15, -0.1) is 11.8 Å². The molecule has 2 unspecified atom stereocenters. The second kappa shape index (κ2) is 13.0. The number of nitrogen functional groups attached to an aromatic ring is 1. The zero-order valence-corrected chi connectivity index (χ0v) is 27.3. The zero-order chi connectivity index (χ0) is 33.4. The highest BCUT2D eigenvalue weighted by atomic mass is 32.2. The third-order valence-electron chi connectivity index (χ3n) is 8.63. The molecule has 2 fully saturated rings. The number of aromatic nitrogens is 3. The number of anilines is 1. The summed E-state index contributed by atoms with van der Waals surface area (Å²) in [5.41, 5.74) is 5.60. The van der Waals surface area contributed by atoms with Gasteiger partial charge >= 0.3 is 11.9 Å². The van der Waals surface area contributed by atoms with Crippen molar-refractivity contribution in [3.63, 3.8) is 0 Å². The summed E-state index contributed by atoms with van der Waals surface area (Å²) in [6.45, 7) is 7.17. The van der Waals surface area contributed by atoms with E-state index in [1.54, 1.807) is 19.2 Å². The molecule has 3 aliphatic heterocycles. The number of likely N-dealkylation sites (tertiary alicyclic amines) is 1. The van der Waals surface area contributed by atoms with E-state index >= 15 is 0 Å². The SMILES string of the molecule is Cc1c[nH]c(CC[N+]2(CC3=C(C(=O)O)N4C(=O)C(CC(=O)/C(=N\OC(C)(C)C(=O)O)c5nsc(N)n5)C4SC3)CCCC2)cc1=O. The van der Waals surface area contributed by atoms with E-state index in [0.29, 0.717) is 40.9 Å². The number of ketones is 1. The molecule has 3 aliphatic rings. The monoisotopic (exact) mass is 674 g/mol. The van der Waals surface area contributed by atoms with Gasteiger partial charge in [-0.3, -0.25) is 19.3 Å². The third kappa shape index (κ3) is 6.71. The number of amides is 1. The van der Waals surface area contributed by atoms with Gasteiger partial charge in [0.2, 0.25) is 17.3 Å². The van der Waals surface area contributed by atoms with Crippen LogP contribution in [0.2, 0.25) is 0 Å². The summed E-state index contributed by atoms with van der Waals surface area (Å²) in [5.74, 6) is -4.30. The molecule has 0 aromatic carbocycles. The van der Waals surface area contributed by atoms with Crippen molar-refractivity contribution < 1.29 is 38.7 Å². The van der Waals surface area contributed by atoms with Crippen LogP contribution in [0.1, 0.15) is 50.2 Å². The third-order valence-corrected chi connectivity index (χ3v) is 10.6. The van der Waals surface area contributed by atoms with E-state index in [1.165, 1.54) is 30.5 Å².